The van der Waals surface area contributed by atoms with E-state index < -0.39 is 17.6 Å². The maximum atomic E-state index is 13.1. The number of nitrogens with one attached hydrogen (secondary N) is 1. The van der Waals surface area contributed by atoms with E-state index in [9.17, 15) is 17.6 Å². The van der Waals surface area contributed by atoms with Gasteiger partial charge in [-0.1, -0.05) is 0 Å². The first-order valence-electron chi connectivity index (χ1n) is 6.02. The molecular weight excluding hydrogens is 262 g/mol. The minimum absolute atomic E-state index is 0.0330. The summed E-state index contributed by atoms with van der Waals surface area (Å²) < 4.78 is 56.0. The van der Waals surface area contributed by atoms with E-state index >= 15 is 0 Å². The van der Waals surface area contributed by atoms with Crippen LogP contribution in [0.15, 0.2) is 18.2 Å². The Kier molecular flexibility index (Phi) is 5.60. The minimum atomic E-state index is -4.71. The molecule has 1 aromatic rings. The summed E-state index contributed by atoms with van der Waals surface area (Å²) in [5.41, 5.74) is -1.30. The molecule has 0 aliphatic rings. The Morgan fingerprint density at radius 2 is 2.00 bits per heavy atom. The van der Waals surface area contributed by atoms with Crippen molar-refractivity contribution in [3.05, 3.63) is 29.6 Å². The fourth-order valence-electron chi connectivity index (χ4n) is 1.65. The van der Waals surface area contributed by atoms with Crippen LogP contribution in [-0.2, 0) is 6.18 Å². The number of benzene rings is 1. The van der Waals surface area contributed by atoms with E-state index in [1.807, 2.05) is 7.05 Å². The molecule has 0 heterocycles. The van der Waals surface area contributed by atoms with E-state index in [4.69, 9.17) is 4.74 Å². The molecule has 0 radical (unpaired) electrons. The Bertz CT molecular complexity index is 406. The Hall–Kier alpha value is -1.30. The zero-order chi connectivity index (χ0) is 14.5. The SMILES string of the molecule is CNCCCC(C)Oc1ccc(F)c(C(F)(F)F)c1. The quantitative estimate of drug-likeness (QED) is 0.634. The Labute approximate surface area is 109 Å². The van der Waals surface area contributed by atoms with Crippen molar-refractivity contribution in [2.75, 3.05) is 13.6 Å². The topological polar surface area (TPSA) is 21.3 Å². The molecule has 0 spiro atoms. The van der Waals surface area contributed by atoms with Crippen molar-refractivity contribution < 1.29 is 22.3 Å². The molecular formula is C13H17F4NO. The van der Waals surface area contributed by atoms with Crippen molar-refractivity contribution in [3.8, 4) is 5.75 Å². The van der Waals surface area contributed by atoms with Gasteiger partial charge in [0.05, 0.1) is 11.7 Å². The third-order valence-electron chi connectivity index (χ3n) is 2.62. The number of hydrogen-bond donors (Lipinski definition) is 1. The van der Waals surface area contributed by atoms with Crippen molar-refractivity contribution in [1.29, 1.82) is 0 Å². The Morgan fingerprint density at radius 1 is 1.32 bits per heavy atom. The second-order valence-corrected chi connectivity index (χ2v) is 4.31. The second-order valence-electron chi connectivity index (χ2n) is 4.31. The van der Waals surface area contributed by atoms with E-state index in [1.165, 1.54) is 6.07 Å². The molecule has 0 amide bonds. The van der Waals surface area contributed by atoms with Crippen LogP contribution in [-0.4, -0.2) is 19.7 Å². The van der Waals surface area contributed by atoms with Gasteiger partial charge in [-0.25, -0.2) is 4.39 Å². The van der Waals surface area contributed by atoms with Crippen LogP contribution in [0.25, 0.3) is 0 Å². The molecule has 0 bridgehead atoms. The van der Waals surface area contributed by atoms with E-state index in [0.717, 1.165) is 19.0 Å². The molecule has 0 aromatic heterocycles. The molecule has 0 saturated carbocycles. The highest BCUT2D eigenvalue weighted by Crippen LogP contribution is 2.33. The lowest BCUT2D eigenvalue weighted by Crippen LogP contribution is -2.16. The monoisotopic (exact) mass is 279 g/mol. The second kappa shape index (κ2) is 6.75. The fourth-order valence-corrected chi connectivity index (χ4v) is 1.65. The van der Waals surface area contributed by atoms with E-state index in [-0.39, 0.29) is 11.9 Å². The van der Waals surface area contributed by atoms with Crippen LogP contribution < -0.4 is 10.1 Å². The van der Waals surface area contributed by atoms with E-state index in [0.29, 0.717) is 12.5 Å². The molecule has 6 heteroatoms. The molecule has 19 heavy (non-hydrogen) atoms. The molecule has 1 unspecified atom stereocenters. The molecule has 0 aliphatic carbocycles. The highest BCUT2D eigenvalue weighted by atomic mass is 19.4. The van der Waals surface area contributed by atoms with Crippen molar-refractivity contribution in [3.63, 3.8) is 0 Å². The first-order chi connectivity index (χ1) is 8.84. The van der Waals surface area contributed by atoms with Gasteiger partial charge in [-0.3, -0.25) is 0 Å². The largest absolute Gasteiger partial charge is 0.491 e. The normalized spacial score (nSPS) is 13.4. The van der Waals surface area contributed by atoms with Gasteiger partial charge in [0.1, 0.15) is 11.6 Å². The number of halogens is 4. The maximum Gasteiger partial charge on any atom is 0.419 e. The highest BCUT2D eigenvalue weighted by Gasteiger charge is 2.34. The van der Waals surface area contributed by atoms with Crippen molar-refractivity contribution >= 4 is 0 Å². The highest BCUT2D eigenvalue weighted by molar-refractivity contribution is 5.31. The summed E-state index contributed by atoms with van der Waals surface area (Å²) in [5.74, 6) is -1.26. The van der Waals surface area contributed by atoms with Crippen molar-refractivity contribution in [2.24, 2.45) is 0 Å². The fraction of sp³-hybridized carbons (Fsp3) is 0.538. The first-order valence-corrected chi connectivity index (χ1v) is 6.02. The predicted octanol–water partition coefficient (Wildman–Crippen LogP) is 3.61. The van der Waals surface area contributed by atoms with Crippen molar-refractivity contribution in [1.82, 2.24) is 5.32 Å². The molecule has 108 valence electrons. The van der Waals surface area contributed by atoms with Gasteiger partial charge < -0.3 is 10.1 Å². The van der Waals surface area contributed by atoms with E-state index in [2.05, 4.69) is 5.32 Å². The lowest BCUT2D eigenvalue weighted by atomic mass is 10.2. The standard InChI is InChI=1S/C13H17F4NO/c1-9(4-3-7-18-2)19-10-5-6-12(14)11(8-10)13(15,16)17/h5-6,8-9,18H,3-4,7H2,1-2H3. The summed E-state index contributed by atoms with van der Waals surface area (Å²) in [7, 11) is 1.82. The molecule has 0 saturated heterocycles. The van der Waals surface area contributed by atoms with Crippen LogP contribution in [0.2, 0.25) is 0 Å². The summed E-state index contributed by atoms with van der Waals surface area (Å²) in [5, 5.41) is 2.97. The Morgan fingerprint density at radius 3 is 2.58 bits per heavy atom. The lowest BCUT2D eigenvalue weighted by Gasteiger charge is -2.16. The van der Waals surface area contributed by atoms with Crippen LogP contribution in [0.5, 0.6) is 5.75 Å². The summed E-state index contributed by atoms with van der Waals surface area (Å²) in [6.07, 6.45) is -3.37. The first kappa shape index (κ1) is 15.8. The summed E-state index contributed by atoms with van der Waals surface area (Å²) in [4.78, 5) is 0. The van der Waals surface area contributed by atoms with Gasteiger partial charge in [0, 0.05) is 0 Å². The predicted molar refractivity (Wildman–Crippen MR) is 64.7 cm³/mol. The number of hydrogen-bond acceptors (Lipinski definition) is 2. The average molecular weight is 279 g/mol. The molecule has 0 fully saturated rings. The zero-order valence-corrected chi connectivity index (χ0v) is 10.9. The maximum absolute atomic E-state index is 13.1. The van der Waals surface area contributed by atoms with E-state index in [1.54, 1.807) is 6.92 Å². The van der Waals surface area contributed by atoms with Crippen LogP contribution in [0, 0.1) is 5.82 Å². The minimum Gasteiger partial charge on any atom is -0.491 e. The van der Waals surface area contributed by atoms with Gasteiger partial charge in [-0.05, 0) is 51.6 Å². The third-order valence-corrected chi connectivity index (χ3v) is 2.62. The number of ether oxygens (including phenoxy) is 1. The third kappa shape index (κ3) is 5.06. The van der Waals surface area contributed by atoms with Crippen LogP contribution in [0.3, 0.4) is 0 Å². The van der Waals surface area contributed by atoms with Gasteiger partial charge >= 0.3 is 6.18 Å². The molecule has 1 rings (SSSR count). The number of rotatable bonds is 6. The van der Waals surface area contributed by atoms with Gasteiger partial charge in [0.15, 0.2) is 0 Å². The molecule has 1 aromatic carbocycles. The molecule has 1 N–H and O–H groups in total. The molecule has 2 nitrogen and oxygen atoms in total. The summed E-state index contributed by atoms with van der Waals surface area (Å²) >= 11 is 0. The number of alkyl halides is 3. The van der Waals surface area contributed by atoms with Crippen LogP contribution in [0.4, 0.5) is 17.6 Å². The Balaban J connectivity index is 2.69. The van der Waals surface area contributed by atoms with Crippen LogP contribution in [0.1, 0.15) is 25.3 Å². The van der Waals surface area contributed by atoms with Crippen molar-refractivity contribution in [2.45, 2.75) is 32.0 Å². The lowest BCUT2D eigenvalue weighted by molar-refractivity contribution is -0.140. The summed E-state index contributed by atoms with van der Waals surface area (Å²) in [6, 6.07) is 2.68. The smallest absolute Gasteiger partial charge is 0.419 e. The molecule has 0 aliphatic heterocycles. The van der Waals surface area contributed by atoms with Gasteiger partial charge in [0.2, 0.25) is 0 Å². The van der Waals surface area contributed by atoms with Gasteiger partial charge in [-0.2, -0.15) is 13.2 Å². The zero-order valence-electron chi connectivity index (χ0n) is 10.9. The van der Waals surface area contributed by atoms with Crippen LogP contribution >= 0.6 is 0 Å². The van der Waals surface area contributed by atoms with Gasteiger partial charge in [-0.15, -0.1) is 0 Å². The molecule has 1 atom stereocenters. The van der Waals surface area contributed by atoms with Gasteiger partial charge in [0.25, 0.3) is 0 Å². The summed E-state index contributed by atoms with van der Waals surface area (Å²) in [6.45, 7) is 2.58. The average Bonchev–Trinajstić information content (AvgIpc) is 2.30.